The summed E-state index contributed by atoms with van der Waals surface area (Å²) in [6.45, 7) is 15.2. The van der Waals surface area contributed by atoms with Crippen molar-refractivity contribution >= 4 is 22.5 Å². The fourth-order valence-electron chi connectivity index (χ4n) is 4.22. The Balaban J connectivity index is 0.000000826. The number of ether oxygens (including phenoxy) is 1. The van der Waals surface area contributed by atoms with Crippen LogP contribution in [0.2, 0.25) is 0 Å². The quantitative estimate of drug-likeness (QED) is 0.300. The Kier molecular flexibility index (Phi) is 9.05. The van der Waals surface area contributed by atoms with Crippen molar-refractivity contribution in [1.29, 1.82) is 0 Å². The van der Waals surface area contributed by atoms with Crippen molar-refractivity contribution in [2.24, 2.45) is 5.73 Å². The Labute approximate surface area is 226 Å². The minimum atomic E-state index is -0.836. The van der Waals surface area contributed by atoms with Gasteiger partial charge in [-0.1, -0.05) is 19.6 Å². The smallest absolute Gasteiger partial charge is 0.261 e. The first-order valence-corrected chi connectivity index (χ1v) is 12.8. The third kappa shape index (κ3) is 7.27. The number of H-pyrrole nitrogens is 1. The van der Waals surface area contributed by atoms with Gasteiger partial charge in [-0.05, 0) is 55.9 Å². The van der Waals surface area contributed by atoms with E-state index in [2.05, 4.69) is 48.6 Å². The van der Waals surface area contributed by atoms with Crippen LogP contribution in [0.3, 0.4) is 0 Å². The molecule has 1 fully saturated rings. The highest BCUT2D eigenvalue weighted by Gasteiger charge is 2.18. The van der Waals surface area contributed by atoms with Crippen molar-refractivity contribution in [3.8, 4) is 11.6 Å². The van der Waals surface area contributed by atoms with Crippen LogP contribution >= 0.6 is 0 Å². The molecule has 11 heteroatoms. The number of anilines is 2. The van der Waals surface area contributed by atoms with Crippen molar-refractivity contribution in [1.82, 2.24) is 29.7 Å². The van der Waals surface area contributed by atoms with Gasteiger partial charge in [0.15, 0.2) is 17.4 Å². The molecule has 0 unspecified atom stereocenters. The standard InChI is InChI=1S/C25H27F2N7O.C3H7N/c1-3-33-8-10-34(11-9-33)14-17-4-7-21(28-13-17)32-24-23(27)25(30-15-29-24)35-20-6-5-19-18(22(20)26)12-16(2)31-19;1-3(2)4/h4-7,12-13,15,31H,3,8-11,14H2,1-2H3,(H,28,29,30,32);1,4H2,2H3. The Hall–Kier alpha value is -4.09. The van der Waals surface area contributed by atoms with Crippen LogP contribution in [0.25, 0.3) is 10.9 Å². The number of aromatic amines is 1. The topological polar surface area (TPSA) is 108 Å². The maximum absolute atomic E-state index is 15.1. The number of pyridine rings is 1. The van der Waals surface area contributed by atoms with Crippen LogP contribution in [0.15, 0.2) is 55.1 Å². The summed E-state index contributed by atoms with van der Waals surface area (Å²) < 4.78 is 35.4. The summed E-state index contributed by atoms with van der Waals surface area (Å²) >= 11 is 0. The number of hydrogen-bond acceptors (Lipinski definition) is 8. The molecule has 0 spiro atoms. The molecule has 1 aliphatic rings. The number of allylic oxidation sites excluding steroid dienone is 1. The monoisotopic (exact) mass is 536 g/mol. The van der Waals surface area contributed by atoms with E-state index in [1.54, 1.807) is 31.3 Å². The highest BCUT2D eigenvalue weighted by Crippen LogP contribution is 2.32. The molecule has 1 aliphatic heterocycles. The number of hydrogen-bond donors (Lipinski definition) is 3. The first kappa shape index (κ1) is 27.9. The van der Waals surface area contributed by atoms with Crippen molar-refractivity contribution in [3.63, 3.8) is 0 Å². The molecule has 0 aliphatic carbocycles. The first-order valence-electron chi connectivity index (χ1n) is 12.8. The molecule has 39 heavy (non-hydrogen) atoms. The van der Waals surface area contributed by atoms with E-state index in [9.17, 15) is 4.39 Å². The van der Waals surface area contributed by atoms with E-state index in [-0.39, 0.29) is 17.4 Å². The molecule has 3 aromatic heterocycles. The van der Waals surface area contributed by atoms with Crippen LogP contribution in [0.4, 0.5) is 20.4 Å². The molecule has 0 bridgehead atoms. The van der Waals surface area contributed by atoms with Gasteiger partial charge in [0.1, 0.15) is 12.1 Å². The molecule has 5 rings (SSSR count). The van der Waals surface area contributed by atoms with E-state index >= 15 is 4.39 Å². The summed E-state index contributed by atoms with van der Waals surface area (Å²) in [5, 5.41) is 3.22. The average Bonchev–Trinajstić information content (AvgIpc) is 3.30. The second-order valence-electron chi connectivity index (χ2n) is 9.47. The molecule has 1 aromatic carbocycles. The summed E-state index contributed by atoms with van der Waals surface area (Å²) in [7, 11) is 0. The number of aromatic nitrogens is 4. The number of likely N-dealkylation sites (N-methyl/N-ethyl adjacent to an activating group) is 1. The SMILES string of the molecule is C=C(C)N.CCN1CCN(Cc2ccc(Nc3ncnc(Oc4ccc5[nH]c(C)cc5c4F)c3F)nc2)CC1. The molecule has 4 aromatic rings. The summed E-state index contributed by atoms with van der Waals surface area (Å²) in [6, 6.07) is 8.52. The highest BCUT2D eigenvalue weighted by atomic mass is 19.1. The fraction of sp³-hybridized carbons (Fsp3) is 0.321. The molecular formula is C28H34F2N8O. The van der Waals surface area contributed by atoms with Gasteiger partial charge in [0.2, 0.25) is 5.82 Å². The second kappa shape index (κ2) is 12.6. The number of aryl methyl sites for hydroxylation is 1. The van der Waals surface area contributed by atoms with E-state index in [4.69, 9.17) is 10.5 Å². The summed E-state index contributed by atoms with van der Waals surface area (Å²) in [4.78, 5) is 20.1. The molecule has 0 atom stereocenters. The van der Waals surface area contributed by atoms with E-state index < -0.39 is 11.6 Å². The van der Waals surface area contributed by atoms with Crippen LogP contribution in [0.1, 0.15) is 25.1 Å². The lowest BCUT2D eigenvalue weighted by molar-refractivity contribution is 0.132. The number of rotatable bonds is 7. The van der Waals surface area contributed by atoms with E-state index in [0.717, 1.165) is 56.9 Å². The Morgan fingerprint density at radius 2 is 1.79 bits per heavy atom. The zero-order valence-electron chi connectivity index (χ0n) is 22.5. The molecule has 206 valence electrons. The van der Waals surface area contributed by atoms with Gasteiger partial charge in [0.05, 0.1) is 0 Å². The Morgan fingerprint density at radius 1 is 1.08 bits per heavy atom. The van der Waals surface area contributed by atoms with Gasteiger partial charge >= 0.3 is 0 Å². The lowest BCUT2D eigenvalue weighted by Crippen LogP contribution is -2.45. The number of nitrogens with zero attached hydrogens (tertiary/aromatic N) is 5. The molecule has 4 heterocycles. The first-order chi connectivity index (χ1) is 18.7. The molecule has 9 nitrogen and oxygen atoms in total. The largest absolute Gasteiger partial charge is 0.433 e. The lowest BCUT2D eigenvalue weighted by atomic mass is 10.2. The number of piperazine rings is 1. The highest BCUT2D eigenvalue weighted by molar-refractivity contribution is 5.82. The van der Waals surface area contributed by atoms with Crippen molar-refractivity contribution in [3.05, 3.63) is 78.0 Å². The zero-order valence-corrected chi connectivity index (χ0v) is 22.5. The van der Waals surface area contributed by atoms with Gasteiger partial charge in [-0.25, -0.2) is 14.4 Å². The summed E-state index contributed by atoms with van der Waals surface area (Å²) in [5.41, 5.74) is 8.11. The van der Waals surface area contributed by atoms with Gasteiger partial charge in [-0.2, -0.15) is 9.37 Å². The van der Waals surface area contributed by atoms with E-state index in [0.29, 0.717) is 22.4 Å². The summed E-state index contributed by atoms with van der Waals surface area (Å²) in [5.74, 6) is -1.60. The van der Waals surface area contributed by atoms with Gasteiger partial charge in [-0.3, -0.25) is 4.90 Å². The molecule has 1 saturated heterocycles. The maximum atomic E-state index is 15.1. The Bertz CT molecular complexity index is 1410. The van der Waals surface area contributed by atoms with Crippen LogP contribution in [-0.4, -0.2) is 62.5 Å². The van der Waals surface area contributed by atoms with Gasteiger partial charge in [0, 0.05) is 55.5 Å². The zero-order chi connectivity index (χ0) is 27.9. The average molecular weight is 537 g/mol. The van der Waals surface area contributed by atoms with Crippen LogP contribution in [0, 0.1) is 18.6 Å². The van der Waals surface area contributed by atoms with Gasteiger partial charge in [-0.15, -0.1) is 0 Å². The van der Waals surface area contributed by atoms with Crippen molar-refractivity contribution in [2.75, 3.05) is 38.0 Å². The maximum Gasteiger partial charge on any atom is 0.261 e. The minimum Gasteiger partial charge on any atom is -0.433 e. The lowest BCUT2D eigenvalue weighted by Gasteiger charge is -2.33. The van der Waals surface area contributed by atoms with E-state index in [1.807, 2.05) is 13.0 Å². The minimum absolute atomic E-state index is 0.107. The van der Waals surface area contributed by atoms with Gasteiger partial charge in [0.25, 0.3) is 5.88 Å². The van der Waals surface area contributed by atoms with Crippen LogP contribution in [-0.2, 0) is 6.54 Å². The Morgan fingerprint density at radius 3 is 2.46 bits per heavy atom. The molecule has 0 amide bonds. The molecule has 0 radical (unpaired) electrons. The van der Waals surface area contributed by atoms with Crippen molar-refractivity contribution < 1.29 is 13.5 Å². The third-order valence-electron chi connectivity index (χ3n) is 6.19. The summed E-state index contributed by atoms with van der Waals surface area (Å²) in [6.07, 6.45) is 2.93. The second-order valence-corrected chi connectivity index (χ2v) is 9.47. The normalized spacial score (nSPS) is 14.1. The predicted molar refractivity (Wildman–Crippen MR) is 149 cm³/mol. The number of halogens is 2. The number of nitrogens with one attached hydrogen (secondary N) is 2. The number of fused-ring (bicyclic) bond motifs is 1. The molecular weight excluding hydrogens is 502 g/mol. The van der Waals surface area contributed by atoms with Gasteiger partial charge < -0.3 is 25.7 Å². The number of nitrogens with two attached hydrogens (primary N) is 1. The van der Waals surface area contributed by atoms with Crippen molar-refractivity contribution in [2.45, 2.75) is 27.3 Å². The third-order valence-corrected chi connectivity index (χ3v) is 6.19. The predicted octanol–water partition coefficient (Wildman–Crippen LogP) is 5.09. The molecule has 0 saturated carbocycles. The van der Waals surface area contributed by atoms with Crippen LogP contribution < -0.4 is 15.8 Å². The van der Waals surface area contributed by atoms with E-state index in [1.165, 1.54) is 6.07 Å². The van der Waals surface area contributed by atoms with Crippen LogP contribution in [0.5, 0.6) is 11.6 Å². The number of benzene rings is 1. The fourth-order valence-corrected chi connectivity index (χ4v) is 4.22. The molecule has 4 N–H and O–H groups in total.